The maximum Gasteiger partial charge on any atom is 0.265 e. The highest BCUT2D eigenvalue weighted by Crippen LogP contribution is 2.03. The lowest BCUT2D eigenvalue weighted by atomic mass is 10.1. The van der Waals surface area contributed by atoms with Crippen LogP contribution in [-0.2, 0) is 0 Å². The van der Waals surface area contributed by atoms with Crippen LogP contribution < -0.4 is 5.56 Å². The van der Waals surface area contributed by atoms with Crippen molar-refractivity contribution in [1.29, 1.82) is 0 Å². The average molecular weight is 201 g/mol. The van der Waals surface area contributed by atoms with Crippen molar-refractivity contribution in [2.24, 2.45) is 0 Å². The maximum atomic E-state index is 11.9. The first-order chi connectivity index (χ1) is 7.24. The fraction of sp³-hybridized carbons (Fsp3) is 0.167. The van der Waals surface area contributed by atoms with E-state index in [2.05, 4.69) is 0 Å². The van der Waals surface area contributed by atoms with Crippen LogP contribution in [0.2, 0.25) is 0 Å². The fourth-order valence-corrected chi connectivity index (χ4v) is 1.55. The van der Waals surface area contributed by atoms with E-state index in [4.69, 9.17) is 0 Å². The van der Waals surface area contributed by atoms with E-state index in [0.717, 1.165) is 5.52 Å². The van der Waals surface area contributed by atoms with Crippen molar-refractivity contribution in [3.05, 3.63) is 52.4 Å². The molecule has 0 aromatic carbocycles. The van der Waals surface area contributed by atoms with E-state index in [1.54, 1.807) is 31.3 Å². The Morgan fingerprint density at radius 2 is 2.07 bits per heavy atom. The Balaban J connectivity index is 2.76. The van der Waals surface area contributed by atoms with Gasteiger partial charge in [0.15, 0.2) is 5.78 Å². The number of pyridine rings is 2. The lowest BCUT2D eigenvalue weighted by Crippen LogP contribution is -2.21. The Morgan fingerprint density at radius 1 is 1.27 bits per heavy atom. The zero-order chi connectivity index (χ0) is 10.8. The lowest BCUT2D eigenvalue weighted by molar-refractivity contribution is 0.0986. The third-order valence-electron chi connectivity index (χ3n) is 2.38. The molecule has 0 fully saturated rings. The van der Waals surface area contributed by atoms with E-state index >= 15 is 0 Å². The van der Waals surface area contributed by atoms with Crippen LogP contribution in [0.25, 0.3) is 5.52 Å². The van der Waals surface area contributed by atoms with Crippen LogP contribution in [-0.4, -0.2) is 10.2 Å². The summed E-state index contributed by atoms with van der Waals surface area (Å²) < 4.78 is 1.49. The van der Waals surface area contributed by atoms with Gasteiger partial charge in [-0.25, -0.2) is 0 Å². The van der Waals surface area contributed by atoms with Crippen molar-refractivity contribution in [3.63, 3.8) is 0 Å². The summed E-state index contributed by atoms with van der Waals surface area (Å²) in [6.45, 7) is 1.75. The lowest BCUT2D eigenvalue weighted by Gasteiger charge is -2.02. The molecule has 0 aliphatic heterocycles. The molecule has 2 rings (SSSR count). The van der Waals surface area contributed by atoms with Gasteiger partial charge >= 0.3 is 0 Å². The summed E-state index contributed by atoms with van der Waals surface area (Å²) in [4.78, 5) is 23.3. The number of hydrogen-bond donors (Lipinski definition) is 0. The van der Waals surface area contributed by atoms with Gasteiger partial charge in [-0.2, -0.15) is 0 Å². The summed E-state index contributed by atoms with van der Waals surface area (Å²) in [5, 5.41) is 0. The standard InChI is InChI=1S/C12H11NO2/c1-2-11(14)10-7-6-9-5-3-4-8-13(9)12(10)15/h3-8H,2H2,1H3. The first-order valence-corrected chi connectivity index (χ1v) is 4.87. The van der Waals surface area contributed by atoms with Crippen molar-refractivity contribution in [1.82, 2.24) is 4.40 Å². The van der Waals surface area contributed by atoms with Crippen molar-refractivity contribution in [2.45, 2.75) is 13.3 Å². The van der Waals surface area contributed by atoms with E-state index < -0.39 is 0 Å². The SMILES string of the molecule is CCC(=O)c1ccc2ccccn2c1=O. The average Bonchev–Trinajstić information content (AvgIpc) is 2.29. The van der Waals surface area contributed by atoms with Crippen molar-refractivity contribution >= 4 is 11.3 Å². The zero-order valence-corrected chi connectivity index (χ0v) is 8.43. The molecular formula is C12H11NO2. The number of Topliss-reactive ketones (excluding diaryl/α,β-unsaturated/α-hetero) is 1. The molecule has 0 N–H and O–H groups in total. The summed E-state index contributed by atoms with van der Waals surface area (Å²) in [5.41, 5.74) is 0.830. The zero-order valence-electron chi connectivity index (χ0n) is 8.43. The molecular weight excluding hydrogens is 190 g/mol. The van der Waals surface area contributed by atoms with E-state index in [0.29, 0.717) is 6.42 Å². The largest absolute Gasteiger partial charge is 0.294 e. The van der Waals surface area contributed by atoms with Gasteiger partial charge in [-0.3, -0.25) is 14.0 Å². The van der Waals surface area contributed by atoms with E-state index in [1.165, 1.54) is 4.40 Å². The second-order valence-corrected chi connectivity index (χ2v) is 3.32. The fourth-order valence-electron chi connectivity index (χ4n) is 1.55. The molecule has 0 aliphatic carbocycles. The molecule has 15 heavy (non-hydrogen) atoms. The van der Waals surface area contributed by atoms with Crippen LogP contribution in [0.3, 0.4) is 0 Å². The molecule has 0 saturated carbocycles. The van der Waals surface area contributed by atoms with Crippen LogP contribution in [0.5, 0.6) is 0 Å². The minimum Gasteiger partial charge on any atom is -0.294 e. The summed E-state index contributed by atoms with van der Waals surface area (Å²) in [6, 6.07) is 8.85. The van der Waals surface area contributed by atoms with Gasteiger partial charge in [-0.15, -0.1) is 0 Å². The van der Waals surface area contributed by atoms with Gasteiger partial charge in [-0.05, 0) is 24.3 Å². The Bertz CT molecular complexity index is 569. The highest BCUT2D eigenvalue weighted by Gasteiger charge is 2.09. The summed E-state index contributed by atoms with van der Waals surface area (Å²) >= 11 is 0. The molecule has 0 unspecified atom stereocenters. The summed E-state index contributed by atoms with van der Waals surface area (Å²) in [6.07, 6.45) is 2.03. The molecule has 2 heterocycles. The number of fused-ring (bicyclic) bond motifs is 1. The Kier molecular flexibility index (Phi) is 2.37. The van der Waals surface area contributed by atoms with Crippen LogP contribution in [0, 0.1) is 0 Å². The molecule has 0 aliphatic rings. The summed E-state index contributed by atoms with van der Waals surface area (Å²) in [5.74, 6) is -0.113. The third kappa shape index (κ3) is 1.56. The molecule has 0 amide bonds. The smallest absolute Gasteiger partial charge is 0.265 e. The molecule has 3 nitrogen and oxygen atoms in total. The Labute approximate surface area is 87.0 Å². The van der Waals surface area contributed by atoms with Crippen LogP contribution in [0.15, 0.2) is 41.3 Å². The number of ketones is 1. The first kappa shape index (κ1) is 9.65. The monoisotopic (exact) mass is 201 g/mol. The van der Waals surface area contributed by atoms with Gasteiger partial charge in [0.05, 0.1) is 5.56 Å². The molecule has 0 bridgehead atoms. The number of carbonyl (C=O) groups is 1. The van der Waals surface area contributed by atoms with Gasteiger partial charge in [-0.1, -0.05) is 13.0 Å². The van der Waals surface area contributed by atoms with Crippen molar-refractivity contribution in [3.8, 4) is 0 Å². The van der Waals surface area contributed by atoms with Gasteiger partial charge in [0, 0.05) is 18.1 Å². The second kappa shape index (κ2) is 3.69. The predicted octanol–water partition coefficient (Wildman–Crippen LogP) is 1.89. The van der Waals surface area contributed by atoms with Gasteiger partial charge in [0.2, 0.25) is 0 Å². The normalized spacial score (nSPS) is 10.5. The van der Waals surface area contributed by atoms with Gasteiger partial charge in [0.1, 0.15) is 0 Å². The number of nitrogens with zero attached hydrogens (tertiary/aromatic N) is 1. The maximum absolute atomic E-state index is 11.9. The molecule has 2 aromatic heterocycles. The minimum absolute atomic E-state index is 0.113. The molecule has 0 atom stereocenters. The van der Waals surface area contributed by atoms with Crippen LogP contribution >= 0.6 is 0 Å². The molecule has 2 aromatic rings. The molecule has 3 heteroatoms. The molecule has 0 spiro atoms. The highest BCUT2D eigenvalue weighted by molar-refractivity contribution is 5.95. The number of rotatable bonds is 2. The number of aromatic nitrogens is 1. The van der Waals surface area contributed by atoms with E-state index in [-0.39, 0.29) is 16.9 Å². The summed E-state index contributed by atoms with van der Waals surface area (Å²) in [7, 11) is 0. The second-order valence-electron chi connectivity index (χ2n) is 3.32. The van der Waals surface area contributed by atoms with Crippen LogP contribution in [0.1, 0.15) is 23.7 Å². The quantitative estimate of drug-likeness (QED) is 0.696. The number of hydrogen-bond acceptors (Lipinski definition) is 2. The van der Waals surface area contributed by atoms with E-state index in [9.17, 15) is 9.59 Å². The van der Waals surface area contributed by atoms with Crippen LogP contribution in [0.4, 0.5) is 0 Å². The molecule has 76 valence electrons. The topological polar surface area (TPSA) is 38.5 Å². The van der Waals surface area contributed by atoms with Gasteiger partial charge < -0.3 is 0 Å². The molecule has 0 saturated heterocycles. The first-order valence-electron chi connectivity index (χ1n) is 4.87. The Hall–Kier alpha value is -1.90. The van der Waals surface area contributed by atoms with E-state index in [1.807, 2.05) is 12.1 Å². The third-order valence-corrected chi connectivity index (χ3v) is 2.38. The minimum atomic E-state index is -0.236. The molecule has 0 radical (unpaired) electrons. The van der Waals surface area contributed by atoms with Crippen molar-refractivity contribution in [2.75, 3.05) is 0 Å². The van der Waals surface area contributed by atoms with Gasteiger partial charge in [0.25, 0.3) is 5.56 Å². The number of carbonyl (C=O) groups excluding carboxylic acids is 1. The predicted molar refractivity (Wildman–Crippen MR) is 58.3 cm³/mol. The van der Waals surface area contributed by atoms with Crippen molar-refractivity contribution < 1.29 is 4.79 Å². The Morgan fingerprint density at radius 3 is 2.80 bits per heavy atom. The highest BCUT2D eigenvalue weighted by atomic mass is 16.1.